The first kappa shape index (κ1) is 11.6. The lowest BCUT2D eigenvalue weighted by atomic mass is 10.2. The highest BCUT2D eigenvalue weighted by molar-refractivity contribution is 5.93. The fourth-order valence-corrected chi connectivity index (χ4v) is 1.25. The van der Waals surface area contributed by atoms with E-state index in [0.29, 0.717) is 30.5 Å². The number of hydrogen-bond donors (Lipinski definition) is 2. The number of rotatable bonds is 4. The van der Waals surface area contributed by atoms with Gasteiger partial charge in [-0.25, -0.2) is 0 Å². The molecule has 0 unspecified atom stereocenters. The molecule has 15 heavy (non-hydrogen) atoms. The average molecular weight is 210 g/mol. The summed E-state index contributed by atoms with van der Waals surface area (Å²) in [6.45, 7) is 7.32. The number of nitrogen functional groups attached to an aromatic ring is 1. The highest BCUT2D eigenvalue weighted by atomic mass is 16.2. The minimum Gasteiger partial charge on any atom is -0.382 e. The van der Waals surface area contributed by atoms with Crippen molar-refractivity contribution in [3.63, 3.8) is 0 Å². The zero-order valence-electron chi connectivity index (χ0n) is 9.45. The van der Waals surface area contributed by atoms with Gasteiger partial charge < -0.3 is 11.1 Å². The van der Waals surface area contributed by atoms with Crippen LogP contribution < -0.4 is 11.1 Å². The van der Waals surface area contributed by atoms with Crippen molar-refractivity contribution in [3.8, 4) is 0 Å². The number of carbonyl (C=O) groups is 1. The van der Waals surface area contributed by atoms with Gasteiger partial charge in [0, 0.05) is 19.2 Å². The second-order valence-corrected chi connectivity index (χ2v) is 3.87. The summed E-state index contributed by atoms with van der Waals surface area (Å²) in [5, 5.41) is 6.84. The second kappa shape index (κ2) is 4.82. The summed E-state index contributed by atoms with van der Waals surface area (Å²) in [4.78, 5) is 11.7. The van der Waals surface area contributed by atoms with Crippen LogP contribution in [-0.2, 0) is 6.54 Å². The molecule has 5 nitrogen and oxygen atoms in total. The molecule has 0 aromatic carbocycles. The molecule has 84 valence electrons. The van der Waals surface area contributed by atoms with Crippen LogP contribution in [0.25, 0.3) is 0 Å². The van der Waals surface area contributed by atoms with Crippen LogP contribution in [0.3, 0.4) is 0 Å². The zero-order valence-corrected chi connectivity index (χ0v) is 9.45. The SMILES string of the molecule is CCn1nc(N)cc1C(=O)NCC(C)C. The van der Waals surface area contributed by atoms with Crippen molar-refractivity contribution < 1.29 is 4.79 Å². The highest BCUT2D eigenvalue weighted by Crippen LogP contribution is 2.05. The number of hydrogen-bond acceptors (Lipinski definition) is 3. The largest absolute Gasteiger partial charge is 0.382 e. The van der Waals surface area contributed by atoms with E-state index < -0.39 is 0 Å². The molecule has 0 aliphatic carbocycles. The lowest BCUT2D eigenvalue weighted by Crippen LogP contribution is -2.29. The molecule has 3 N–H and O–H groups in total. The molecule has 0 fully saturated rings. The van der Waals surface area contributed by atoms with Gasteiger partial charge in [0.05, 0.1) is 0 Å². The molecule has 1 heterocycles. The minimum atomic E-state index is -0.116. The Morgan fingerprint density at radius 2 is 2.33 bits per heavy atom. The number of carbonyl (C=O) groups excluding carboxylic acids is 1. The topological polar surface area (TPSA) is 72.9 Å². The third-order valence-corrected chi connectivity index (χ3v) is 2.00. The maximum atomic E-state index is 11.7. The number of nitrogens with zero attached hydrogens (tertiary/aromatic N) is 2. The first-order chi connectivity index (χ1) is 7.04. The lowest BCUT2D eigenvalue weighted by Gasteiger charge is -2.08. The molecular formula is C10H18N4O. The van der Waals surface area contributed by atoms with Crippen LogP contribution in [0, 0.1) is 5.92 Å². The van der Waals surface area contributed by atoms with E-state index in [9.17, 15) is 4.79 Å². The van der Waals surface area contributed by atoms with Gasteiger partial charge in [0.2, 0.25) is 0 Å². The van der Waals surface area contributed by atoms with Gasteiger partial charge in [-0.3, -0.25) is 9.48 Å². The first-order valence-electron chi connectivity index (χ1n) is 5.16. The normalized spacial score (nSPS) is 10.7. The molecule has 1 rings (SSSR count). The summed E-state index contributed by atoms with van der Waals surface area (Å²) in [6.07, 6.45) is 0. The monoisotopic (exact) mass is 210 g/mol. The number of nitrogens with two attached hydrogens (primary N) is 1. The van der Waals surface area contributed by atoms with Crippen LogP contribution in [0.4, 0.5) is 5.82 Å². The maximum absolute atomic E-state index is 11.7. The molecular weight excluding hydrogens is 192 g/mol. The van der Waals surface area contributed by atoms with Crippen LogP contribution in [0.2, 0.25) is 0 Å². The second-order valence-electron chi connectivity index (χ2n) is 3.87. The Labute approximate surface area is 89.6 Å². The molecule has 0 spiro atoms. The Morgan fingerprint density at radius 1 is 1.67 bits per heavy atom. The van der Waals surface area contributed by atoms with E-state index in [-0.39, 0.29) is 5.91 Å². The summed E-state index contributed by atoms with van der Waals surface area (Å²) in [5.74, 6) is 0.700. The van der Waals surface area contributed by atoms with E-state index in [2.05, 4.69) is 10.4 Å². The third kappa shape index (κ3) is 2.97. The quantitative estimate of drug-likeness (QED) is 0.774. The van der Waals surface area contributed by atoms with E-state index in [1.807, 2.05) is 20.8 Å². The van der Waals surface area contributed by atoms with Gasteiger partial charge >= 0.3 is 0 Å². The third-order valence-electron chi connectivity index (χ3n) is 2.00. The van der Waals surface area contributed by atoms with Crippen molar-refractivity contribution in [1.29, 1.82) is 0 Å². The van der Waals surface area contributed by atoms with Crippen molar-refractivity contribution in [3.05, 3.63) is 11.8 Å². The first-order valence-corrected chi connectivity index (χ1v) is 5.16. The van der Waals surface area contributed by atoms with E-state index >= 15 is 0 Å². The number of anilines is 1. The van der Waals surface area contributed by atoms with Crippen molar-refractivity contribution in [2.45, 2.75) is 27.3 Å². The standard InChI is InChI=1S/C10H18N4O/c1-4-14-8(5-9(11)13-14)10(15)12-6-7(2)3/h5,7H,4,6H2,1-3H3,(H2,11,13)(H,12,15). The summed E-state index contributed by atoms with van der Waals surface area (Å²) >= 11 is 0. The van der Waals surface area contributed by atoms with Crippen LogP contribution in [0.15, 0.2) is 6.07 Å². The molecule has 0 saturated heterocycles. The molecule has 0 bridgehead atoms. The van der Waals surface area contributed by atoms with Gasteiger partial charge in [0.1, 0.15) is 11.5 Å². The van der Waals surface area contributed by atoms with Crippen molar-refractivity contribution in [1.82, 2.24) is 15.1 Å². The van der Waals surface area contributed by atoms with E-state index in [0.717, 1.165) is 0 Å². The summed E-state index contributed by atoms with van der Waals surface area (Å²) in [6, 6.07) is 1.60. The average Bonchev–Trinajstić information content (AvgIpc) is 2.56. The smallest absolute Gasteiger partial charge is 0.269 e. The molecule has 1 aromatic heterocycles. The molecule has 0 aliphatic heterocycles. The molecule has 0 aliphatic rings. The lowest BCUT2D eigenvalue weighted by molar-refractivity contribution is 0.0938. The maximum Gasteiger partial charge on any atom is 0.269 e. The van der Waals surface area contributed by atoms with Crippen molar-refractivity contribution in [2.75, 3.05) is 12.3 Å². The summed E-state index contributed by atoms with van der Waals surface area (Å²) in [5.41, 5.74) is 6.06. The highest BCUT2D eigenvalue weighted by Gasteiger charge is 2.12. The molecule has 1 aromatic rings. The minimum absolute atomic E-state index is 0.116. The molecule has 0 radical (unpaired) electrons. The number of aryl methyl sites for hydroxylation is 1. The van der Waals surface area contributed by atoms with Gasteiger partial charge in [-0.05, 0) is 12.8 Å². The van der Waals surface area contributed by atoms with Gasteiger partial charge in [0.15, 0.2) is 0 Å². The molecule has 0 atom stereocenters. The van der Waals surface area contributed by atoms with Crippen molar-refractivity contribution >= 4 is 11.7 Å². The van der Waals surface area contributed by atoms with E-state index in [4.69, 9.17) is 5.73 Å². The Bertz CT molecular complexity index is 343. The summed E-state index contributed by atoms with van der Waals surface area (Å²) < 4.78 is 1.60. The summed E-state index contributed by atoms with van der Waals surface area (Å²) in [7, 11) is 0. The molecule has 1 amide bonds. The molecule has 5 heteroatoms. The fourth-order valence-electron chi connectivity index (χ4n) is 1.25. The Kier molecular flexibility index (Phi) is 3.71. The van der Waals surface area contributed by atoms with Crippen LogP contribution in [-0.4, -0.2) is 22.2 Å². The molecule has 0 saturated carbocycles. The van der Waals surface area contributed by atoms with E-state index in [1.54, 1.807) is 10.7 Å². The van der Waals surface area contributed by atoms with Gasteiger partial charge in [-0.2, -0.15) is 5.10 Å². The Hall–Kier alpha value is -1.52. The zero-order chi connectivity index (χ0) is 11.4. The Morgan fingerprint density at radius 3 is 2.87 bits per heavy atom. The van der Waals surface area contributed by atoms with Crippen molar-refractivity contribution in [2.24, 2.45) is 5.92 Å². The van der Waals surface area contributed by atoms with Crippen LogP contribution in [0.1, 0.15) is 31.3 Å². The number of nitrogens with one attached hydrogen (secondary N) is 1. The Balaban J connectivity index is 2.72. The van der Waals surface area contributed by atoms with Gasteiger partial charge in [0.25, 0.3) is 5.91 Å². The number of aromatic nitrogens is 2. The van der Waals surface area contributed by atoms with E-state index in [1.165, 1.54) is 0 Å². The van der Waals surface area contributed by atoms with Gasteiger partial charge in [-0.1, -0.05) is 13.8 Å². The predicted molar refractivity (Wildman–Crippen MR) is 59.5 cm³/mol. The fraction of sp³-hybridized carbons (Fsp3) is 0.600. The predicted octanol–water partition coefficient (Wildman–Crippen LogP) is 0.871. The van der Waals surface area contributed by atoms with Crippen LogP contribution in [0.5, 0.6) is 0 Å². The number of amides is 1. The van der Waals surface area contributed by atoms with Crippen LogP contribution >= 0.6 is 0 Å². The van der Waals surface area contributed by atoms with Gasteiger partial charge in [-0.15, -0.1) is 0 Å².